The van der Waals surface area contributed by atoms with Crippen molar-refractivity contribution in [2.75, 3.05) is 18.0 Å². The lowest BCUT2D eigenvalue weighted by molar-refractivity contribution is -0.384. The van der Waals surface area contributed by atoms with E-state index in [1.165, 1.54) is 41.4 Å². The third-order valence-electron chi connectivity index (χ3n) is 5.28. The minimum absolute atomic E-state index is 0.0125. The summed E-state index contributed by atoms with van der Waals surface area (Å²) in [7, 11) is 0. The molecule has 2 aromatic heterocycles. The predicted molar refractivity (Wildman–Crippen MR) is 110 cm³/mol. The Labute approximate surface area is 190 Å². The largest absolute Gasteiger partial charge is 0.455 e. The normalized spacial score (nSPS) is 16.3. The Hall–Kier alpha value is -4.03. The fraction of sp³-hybridized carbons (Fsp3) is 0.333. The van der Waals surface area contributed by atoms with Crippen LogP contribution in [0.25, 0.3) is 11.5 Å². The van der Waals surface area contributed by atoms with E-state index in [9.17, 15) is 28.1 Å². The van der Waals surface area contributed by atoms with Crippen LogP contribution >= 0.6 is 0 Å². The minimum Gasteiger partial charge on any atom is -0.455 e. The summed E-state index contributed by atoms with van der Waals surface area (Å²) in [5, 5.41) is 18.4. The topological polar surface area (TPSA) is 124 Å². The lowest BCUT2D eigenvalue weighted by Gasteiger charge is -2.33. The number of esters is 1. The van der Waals surface area contributed by atoms with Gasteiger partial charge in [0.25, 0.3) is 11.6 Å². The van der Waals surface area contributed by atoms with E-state index in [-0.39, 0.29) is 36.4 Å². The van der Waals surface area contributed by atoms with Crippen molar-refractivity contribution >= 4 is 17.5 Å². The van der Waals surface area contributed by atoms with E-state index in [4.69, 9.17) is 9.15 Å². The number of halogens is 3. The zero-order valence-corrected chi connectivity index (χ0v) is 17.6. The number of carbonyl (C=O) groups is 1. The van der Waals surface area contributed by atoms with E-state index >= 15 is 0 Å². The molecule has 0 radical (unpaired) electrons. The van der Waals surface area contributed by atoms with Gasteiger partial charge in [-0.25, -0.2) is 4.98 Å². The van der Waals surface area contributed by atoms with E-state index in [1.807, 2.05) is 0 Å². The average molecular weight is 477 g/mol. The molecule has 3 aromatic rings. The molecule has 178 valence electrons. The maximum Gasteiger partial charge on any atom is 0.419 e. The molecule has 10 nitrogen and oxygen atoms in total. The third-order valence-corrected chi connectivity index (χ3v) is 5.28. The molecular formula is C21H18F3N5O5. The monoisotopic (exact) mass is 477 g/mol. The number of hydrogen-bond donors (Lipinski definition) is 0. The van der Waals surface area contributed by atoms with Gasteiger partial charge in [0.2, 0.25) is 5.89 Å². The highest BCUT2D eigenvalue weighted by atomic mass is 19.4. The SMILES string of the molecule is O=C(OCc1nnc(-c2ccc([N+](=O)[O-])cc2)o1)C1CCCN(c2ncccc2C(F)(F)F)C1. The van der Waals surface area contributed by atoms with Gasteiger partial charge >= 0.3 is 12.1 Å². The third kappa shape index (κ3) is 5.13. The minimum atomic E-state index is -4.56. The molecule has 0 saturated carbocycles. The first-order valence-corrected chi connectivity index (χ1v) is 10.2. The predicted octanol–water partition coefficient (Wildman–Crippen LogP) is 4.02. The number of pyridine rings is 1. The van der Waals surface area contributed by atoms with Gasteiger partial charge in [0.1, 0.15) is 5.82 Å². The highest BCUT2D eigenvalue weighted by Crippen LogP contribution is 2.36. The molecule has 1 aromatic carbocycles. The maximum atomic E-state index is 13.3. The van der Waals surface area contributed by atoms with Gasteiger partial charge in [0.15, 0.2) is 6.61 Å². The van der Waals surface area contributed by atoms with E-state index in [0.29, 0.717) is 24.9 Å². The van der Waals surface area contributed by atoms with Crippen LogP contribution in [-0.4, -0.2) is 39.2 Å². The standard InChI is InChI=1S/C21H18F3N5O5/c22-21(23,24)16-4-1-9-25-18(16)28-10-2-3-14(11-28)20(30)33-12-17-26-27-19(34-17)13-5-7-15(8-6-13)29(31)32/h1,4-9,14H,2-3,10-12H2. The summed E-state index contributed by atoms with van der Waals surface area (Å²) in [6.07, 6.45) is -2.32. The van der Waals surface area contributed by atoms with Crippen molar-refractivity contribution in [1.82, 2.24) is 15.2 Å². The van der Waals surface area contributed by atoms with Crippen LogP contribution in [0.3, 0.4) is 0 Å². The first-order chi connectivity index (χ1) is 16.2. The van der Waals surface area contributed by atoms with Crippen molar-refractivity contribution in [3.8, 4) is 11.5 Å². The van der Waals surface area contributed by atoms with Crippen molar-refractivity contribution < 1.29 is 32.0 Å². The molecule has 1 aliphatic heterocycles. The number of nitrogens with zero attached hydrogens (tertiary/aromatic N) is 5. The molecule has 0 N–H and O–H groups in total. The number of ether oxygens (including phenoxy) is 1. The number of alkyl halides is 3. The van der Waals surface area contributed by atoms with Crippen LogP contribution in [-0.2, 0) is 22.3 Å². The van der Waals surface area contributed by atoms with Gasteiger partial charge in [0.05, 0.1) is 16.4 Å². The number of piperidine rings is 1. The molecule has 0 amide bonds. The highest BCUT2D eigenvalue weighted by Gasteiger charge is 2.37. The van der Waals surface area contributed by atoms with Crippen LogP contribution in [0.4, 0.5) is 24.7 Å². The molecule has 4 rings (SSSR count). The van der Waals surface area contributed by atoms with Gasteiger partial charge < -0.3 is 14.1 Å². The Kier molecular flexibility index (Phi) is 6.43. The Bertz CT molecular complexity index is 1180. The number of nitro groups is 1. The molecule has 34 heavy (non-hydrogen) atoms. The van der Waals surface area contributed by atoms with Crippen LogP contribution in [0.1, 0.15) is 24.3 Å². The smallest absolute Gasteiger partial charge is 0.419 e. The molecule has 1 atom stereocenters. The van der Waals surface area contributed by atoms with Crippen molar-refractivity contribution in [3.05, 3.63) is 64.2 Å². The number of aromatic nitrogens is 3. The van der Waals surface area contributed by atoms with E-state index in [1.54, 1.807) is 0 Å². The van der Waals surface area contributed by atoms with Crippen LogP contribution < -0.4 is 4.90 Å². The van der Waals surface area contributed by atoms with E-state index in [2.05, 4.69) is 15.2 Å². The molecule has 1 unspecified atom stereocenters. The maximum absolute atomic E-state index is 13.3. The molecule has 0 aliphatic carbocycles. The summed E-state index contributed by atoms with van der Waals surface area (Å²) in [6.45, 7) is 0.0651. The molecule has 1 aliphatic rings. The number of carbonyl (C=O) groups excluding carboxylic acids is 1. The van der Waals surface area contributed by atoms with Gasteiger partial charge in [-0.3, -0.25) is 14.9 Å². The Morgan fingerprint density at radius 2 is 2.00 bits per heavy atom. The first-order valence-electron chi connectivity index (χ1n) is 10.2. The van der Waals surface area contributed by atoms with Crippen molar-refractivity contribution in [3.63, 3.8) is 0 Å². The van der Waals surface area contributed by atoms with Crippen LogP contribution in [0.15, 0.2) is 47.0 Å². The van der Waals surface area contributed by atoms with Crippen LogP contribution in [0.5, 0.6) is 0 Å². The summed E-state index contributed by atoms with van der Waals surface area (Å²) in [4.78, 5) is 28.1. The number of anilines is 1. The molecule has 0 bridgehead atoms. The summed E-state index contributed by atoms with van der Waals surface area (Å²) < 4.78 is 50.7. The van der Waals surface area contributed by atoms with Gasteiger partial charge in [-0.2, -0.15) is 13.2 Å². The lowest BCUT2D eigenvalue weighted by Crippen LogP contribution is -2.40. The molecule has 1 saturated heterocycles. The zero-order chi connectivity index (χ0) is 24.3. The summed E-state index contributed by atoms with van der Waals surface area (Å²) >= 11 is 0. The van der Waals surface area contributed by atoms with Gasteiger partial charge in [0, 0.05) is 37.0 Å². The summed E-state index contributed by atoms with van der Waals surface area (Å²) in [5.74, 6) is -1.34. The Morgan fingerprint density at radius 3 is 2.71 bits per heavy atom. The number of nitro benzene ring substituents is 1. The van der Waals surface area contributed by atoms with Crippen molar-refractivity contribution in [2.24, 2.45) is 5.92 Å². The van der Waals surface area contributed by atoms with Gasteiger partial charge in [-0.1, -0.05) is 0 Å². The number of non-ortho nitro benzene ring substituents is 1. The van der Waals surface area contributed by atoms with Crippen LogP contribution in [0.2, 0.25) is 0 Å². The molecule has 0 spiro atoms. The first kappa shape index (κ1) is 23.1. The van der Waals surface area contributed by atoms with Gasteiger partial charge in [-0.05, 0) is 37.1 Å². The quantitative estimate of drug-likeness (QED) is 0.294. The summed E-state index contributed by atoms with van der Waals surface area (Å²) in [6, 6.07) is 7.66. The van der Waals surface area contributed by atoms with Crippen molar-refractivity contribution in [2.45, 2.75) is 25.6 Å². The zero-order valence-electron chi connectivity index (χ0n) is 17.6. The number of hydrogen-bond acceptors (Lipinski definition) is 9. The van der Waals surface area contributed by atoms with E-state index in [0.717, 1.165) is 6.07 Å². The highest BCUT2D eigenvalue weighted by molar-refractivity contribution is 5.73. The fourth-order valence-corrected chi connectivity index (χ4v) is 3.64. The average Bonchev–Trinajstić information content (AvgIpc) is 3.31. The molecular weight excluding hydrogens is 459 g/mol. The second-order valence-corrected chi connectivity index (χ2v) is 7.57. The summed E-state index contributed by atoms with van der Waals surface area (Å²) in [5.41, 5.74) is -0.491. The number of benzene rings is 1. The Balaban J connectivity index is 1.37. The number of rotatable bonds is 6. The molecule has 3 heterocycles. The second kappa shape index (κ2) is 9.45. The van der Waals surface area contributed by atoms with Crippen LogP contribution in [0, 0.1) is 16.0 Å². The molecule has 1 fully saturated rings. The fourth-order valence-electron chi connectivity index (χ4n) is 3.64. The molecule has 13 heteroatoms. The Morgan fingerprint density at radius 1 is 1.24 bits per heavy atom. The van der Waals surface area contributed by atoms with Crippen molar-refractivity contribution in [1.29, 1.82) is 0 Å². The lowest BCUT2D eigenvalue weighted by atomic mass is 9.98. The van der Waals surface area contributed by atoms with Gasteiger partial charge in [-0.15, -0.1) is 10.2 Å². The van der Waals surface area contributed by atoms with E-state index < -0.39 is 28.6 Å². The second-order valence-electron chi connectivity index (χ2n) is 7.57.